The van der Waals surface area contributed by atoms with Crippen LogP contribution in [0.3, 0.4) is 0 Å². The van der Waals surface area contributed by atoms with E-state index in [9.17, 15) is 0 Å². The maximum absolute atomic E-state index is 4.32. The third-order valence-corrected chi connectivity index (χ3v) is 3.01. The molecule has 1 aromatic carbocycles. The van der Waals surface area contributed by atoms with Gasteiger partial charge in [-0.15, -0.1) is 0 Å². The Hall–Kier alpha value is -1.61. The first-order valence-electron chi connectivity index (χ1n) is 6.00. The van der Waals surface area contributed by atoms with Crippen LogP contribution in [0.15, 0.2) is 36.7 Å². The van der Waals surface area contributed by atoms with E-state index in [-0.39, 0.29) is 6.04 Å². The van der Waals surface area contributed by atoms with Crippen molar-refractivity contribution in [2.45, 2.75) is 26.4 Å². The minimum Gasteiger partial charge on any atom is -0.309 e. The highest BCUT2D eigenvalue weighted by atomic mass is 15.3. The molecule has 0 amide bonds. The Morgan fingerprint density at radius 3 is 2.47 bits per heavy atom. The smallest absolute Gasteiger partial charge is 0.0605 e. The number of nitrogens with one attached hydrogen (secondary N) is 1. The molecule has 2 rings (SSSR count). The average Bonchev–Trinajstić information content (AvgIpc) is 2.81. The van der Waals surface area contributed by atoms with Crippen molar-refractivity contribution in [1.29, 1.82) is 0 Å². The summed E-state index contributed by atoms with van der Waals surface area (Å²) in [7, 11) is 1.98. The summed E-state index contributed by atoms with van der Waals surface area (Å²) in [6, 6.07) is 8.84. The van der Waals surface area contributed by atoms with E-state index in [0.717, 1.165) is 6.54 Å². The molecule has 1 aromatic heterocycles. The monoisotopic (exact) mass is 229 g/mol. The van der Waals surface area contributed by atoms with Crippen LogP contribution in [0.1, 0.15) is 29.7 Å². The van der Waals surface area contributed by atoms with Crippen molar-refractivity contribution in [2.75, 3.05) is 7.05 Å². The van der Waals surface area contributed by atoms with Crippen LogP contribution in [0.5, 0.6) is 0 Å². The van der Waals surface area contributed by atoms with Crippen LogP contribution < -0.4 is 5.32 Å². The first kappa shape index (κ1) is 11.9. The van der Waals surface area contributed by atoms with Gasteiger partial charge in [0.15, 0.2) is 0 Å². The molecule has 0 saturated heterocycles. The SMILES string of the molecule is CCn1cc(C(NC)c2ccc(C)cc2)cn1. The van der Waals surface area contributed by atoms with Crippen LogP contribution in [-0.2, 0) is 6.54 Å². The molecule has 1 unspecified atom stereocenters. The second-order valence-corrected chi connectivity index (χ2v) is 4.26. The molecule has 1 heterocycles. The Morgan fingerprint density at radius 1 is 1.24 bits per heavy atom. The number of hydrogen-bond acceptors (Lipinski definition) is 2. The van der Waals surface area contributed by atoms with Crippen molar-refractivity contribution in [3.05, 3.63) is 53.3 Å². The maximum atomic E-state index is 4.32. The lowest BCUT2D eigenvalue weighted by atomic mass is 10.0. The zero-order valence-corrected chi connectivity index (χ0v) is 10.6. The predicted octanol–water partition coefficient (Wildman–Crippen LogP) is 2.52. The van der Waals surface area contributed by atoms with Gasteiger partial charge in [0.05, 0.1) is 12.2 Å². The topological polar surface area (TPSA) is 29.9 Å². The van der Waals surface area contributed by atoms with Crippen molar-refractivity contribution in [1.82, 2.24) is 15.1 Å². The molecule has 3 nitrogen and oxygen atoms in total. The molecule has 1 N–H and O–H groups in total. The lowest BCUT2D eigenvalue weighted by molar-refractivity contribution is 0.653. The summed E-state index contributed by atoms with van der Waals surface area (Å²) in [5, 5.41) is 7.66. The van der Waals surface area contributed by atoms with Crippen molar-refractivity contribution in [3.63, 3.8) is 0 Å². The Labute approximate surface area is 102 Å². The number of benzene rings is 1. The second kappa shape index (κ2) is 5.15. The van der Waals surface area contributed by atoms with Crippen LogP contribution in [0.4, 0.5) is 0 Å². The normalized spacial score (nSPS) is 12.6. The Morgan fingerprint density at radius 2 is 1.94 bits per heavy atom. The molecule has 3 heteroatoms. The van der Waals surface area contributed by atoms with Crippen LogP contribution >= 0.6 is 0 Å². The predicted molar refractivity (Wildman–Crippen MR) is 70.0 cm³/mol. The molecule has 0 bridgehead atoms. The summed E-state index contributed by atoms with van der Waals surface area (Å²) in [6.07, 6.45) is 4.03. The first-order chi connectivity index (χ1) is 8.24. The van der Waals surface area contributed by atoms with Crippen LogP contribution in [0.25, 0.3) is 0 Å². The highest BCUT2D eigenvalue weighted by Gasteiger charge is 2.13. The number of aromatic nitrogens is 2. The van der Waals surface area contributed by atoms with Gasteiger partial charge in [0, 0.05) is 18.3 Å². The minimum atomic E-state index is 0.218. The molecule has 17 heavy (non-hydrogen) atoms. The standard InChI is InChI=1S/C14H19N3/c1-4-17-10-13(9-16-17)14(15-3)12-7-5-11(2)6-8-12/h5-10,14-15H,4H2,1-3H3. The van der Waals surface area contributed by atoms with Gasteiger partial charge in [-0.05, 0) is 26.5 Å². The van der Waals surface area contributed by atoms with Crippen molar-refractivity contribution in [3.8, 4) is 0 Å². The summed E-state index contributed by atoms with van der Waals surface area (Å²) in [5.74, 6) is 0. The van der Waals surface area contributed by atoms with Crippen LogP contribution in [0, 0.1) is 6.92 Å². The van der Waals surface area contributed by atoms with Crippen LogP contribution in [-0.4, -0.2) is 16.8 Å². The van der Waals surface area contributed by atoms with E-state index in [2.05, 4.69) is 54.7 Å². The number of rotatable bonds is 4. The van der Waals surface area contributed by atoms with E-state index in [0.29, 0.717) is 0 Å². The molecule has 0 aliphatic rings. The van der Waals surface area contributed by atoms with E-state index in [1.54, 1.807) is 0 Å². The highest BCUT2D eigenvalue weighted by molar-refractivity contribution is 5.31. The summed E-state index contributed by atoms with van der Waals surface area (Å²) >= 11 is 0. The molecular formula is C14H19N3. The maximum Gasteiger partial charge on any atom is 0.0605 e. The van der Waals surface area contributed by atoms with Gasteiger partial charge in [-0.3, -0.25) is 4.68 Å². The van der Waals surface area contributed by atoms with Gasteiger partial charge in [-0.25, -0.2) is 0 Å². The van der Waals surface area contributed by atoms with E-state index in [4.69, 9.17) is 0 Å². The van der Waals surface area contributed by atoms with Crippen molar-refractivity contribution >= 4 is 0 Å². The van der Waals surface area contributed by atoms with E-state index in [1.807, 2.05) is 17.9 Å². The zero-order valence-electron chi connectivity index (χ0n) is 10.6. The fourth-order valence-corrected chi connectivity index (χ4v) is 1.99. The van der Waals surface area contributed by atoms with Gasteiger partial charge in [-0.2, -0.15) is 5.10 Å². The molecule has 0 aliphatic heterocycles. The Kier molecular flexibility index (Phi) is 3.59. The molecule has 0 spiro atoms. The fraction of sp³-hybridized carbons (Fsp3) is 0.357. The van der Waals surface area contributed by atoms with Gasteiger partial charge < -0.3 is 5.32 Å². The molecule has 1 atom stereocenters. The Bertz CT molecular complexity index is 470. The third-order valence-electron chi connectivity index (χ3n) is 3.01. The van der Waals surface area contributed by atoms with E-state index >= 15 is 0 Å². The molecule has 0 saturated carbocycles. The van der Waals surface area contributed by atoms with Crippen molar-refractivity contribution < 1.29 is 0 Å². The number of hydrogen-bond donors (Lipinski definition) is 1. The molecule has 0 radical (unpaired) electrons. The van der Waals surface area contributed by atoms with Gasteiger partial charge in [0.2, 0.25) is 0 Å². The second-order valence-electron chi connectivity index (χ2n) is 4.26. The highest BCUT2D eigenvalue weighted by Crippen LogP contribution is 2.21. The minimum absolute atomic E-state index is 0.218. The first-order valence-corrected chi connectivity index (χ1v) is 6.00. The summed E-state index contributed by atoms with van der Waals surface area (Å²) in [6.45, 7) is 5.11. The third kappa shape index (κ3) is 2.56. The molecule has 2 aromatic rings. The molecular weight excluding hydrogens is 210 g/mol. The van der Waals surface area contributed by atoms with Gasteiger partial charge in [-0.1, -0.05) is 29.8 Å². The molecule has 90 valence electrons. The van der Waals surface area contributed by atoms with Gasteiger partial charge in [0.1, 0.15) is 0 Å². The summed E-state index contributed by atoms with van der Waals surface area (Å²) in [4.78, 5) is 0. The number of nitrogens with zero attached hydrogens (tertiary/aromatic N) is 2. The lowest BCUT2D eigenvalue weighted by Crippen LogP contribution is -2.17. The van der Waals surface area contributed by atoms with Gasteiger partial charge >= 0.3 is 0 Å². The quantitative estimate of drug-likeness (QED) is 0.873. The van der Waals surface area contributed by atoms with Crippen LogP contribution in [0.2, 0.25) is 0 Å². The zero-order chi connectivity index (χ0) is 12.3. The van der Waals surface area contributed by atoms with Gasteiger partial charge in [0.25, 0.3) is 0 Å². The van der Waals surface area contributed by atoms with Crippen molar-refractivity contribution in [2.24, 2.45) is 0 Å². The van der Waals surface area contributed by atoms with E-state index < -0.39 is 0 Å². The Balaban J connectivity index is 2.29. The lowest BCUT2D eigenvalue weighted by Gasteiger charge is -2.15. The largest absolute Gasteiger partial charge is 0.309 e. The van der Waals surface area contributed by atoms with E-state index in [1.165, 1.54) is 16.7 Å². The summed E-state index contributed by atoms with van der Waals surface area (Å²) in [5.41, 5.74) is 3.76. The average molecular weight is 229 g/mol. The molecule has 0 fully saturated rings. The molecule has 0 aliphatic carbocycles. The summed E-state index contributed by atoms with van der Waals surface area (Å²) < 4.78 is 1.95. The number of aryl methyl sites for hydroxylation is 2. The fourth-order valence-electron chi connectivity index (χ4n) is 1.99.